The number of carbonyl (C=O) groups excluding carboxylic acids is 1. The van der Waals surface area contributed by atoms with Crippen molar-refractivity contribution in [1.82, 2.24) is 19.7 Å². The van der Waals surface area contributed by atoms with E-state index in [0.29, 0.717) is 5.56 Å². The molecular weight excluding hydrogens is 368 g/mol. The lowest BCUT2D eigenvalue weighted by Crippen LogP contribution is -2.17. The number of amides is 1. The number of rotatable bonds is 4. The van der Waals surface area contributed by atoms with E-state index in [4.69, 9.17) is 4.98 Å². The van der Waals surface area contributed by atoms with E-state index in [0.717, 1.165) is 45.3 Å². The summed E-state index contributed by atoms with van der Waals surface area (Å²) >= 11 is 1.71. The second-order valence-electron chi connectivity index (χ2n) is 6.68. The molecule has 1 N–H and O–H groups in total. The van der Waals surface area contributed by atoms with Gasteiger partial charge in [-0.1, -0.05) is 31.2 Å². The minimum absolute atomic E-state index is 0.110. The maximum atomic E-state index is 12.0. The fourth-order valence-electron chi connectivity index (χ4n) is 3.60. The Hall–Kier alpha value is -2.99. The summed E-state index contributed by atoms with van der Waals surface area (Å²) in [6.45, 7) is 6.21. The predicted octanol–water partition coefficient (Wildman–Crippen LogP) is 4.66. The van der Waals surface area contributed by atoms with Gasteiger partial charge in [0.05, 0.1) is 27.0 Å². The molecule has 0 aliphatic carbocycles. The van der Waals surface area contributed by atoms with Crippen LogP contribution in [0.2, 0.25) is 0 Å². The summed E-state index contributed by atoms with van der Waals surface area (Å²) in [6.07, 6.45) is 2.77. The Morgan fingerprint density at radius 2 is 1.89 bits per heavy atom. The van der Waals surface area contributed by atoms with E-state index in [9.17, 15) is 4.79 Å². The van der Waals surface area contributed by atoms with Crippen molar-refractivity contribution < 1.29 is 4.79 Å². The fourth-order valence-corrected chi connectivity index (χ4v) is 4.56. The number of nitrogens with one attached hydrogen (secondary N) is 1. The van der Waals surface area contributed by atoms with Crippen LogP contribution < -0.4 is 5.32 Å². The summed E-state index contributed by atoms with van der Waals surface area (Å²) in [5.41, 5.74) is 6.75. The van der Waals surface area contributed by atoms with Gasteiger partial charge in [-0.15, -0.1) is 11.3 Å². The molecule has 0 atom stereocenters. The summed E-state index contributed by atoms with van der Waals surface area (Å²) in [7, 11) is 1.64. The molecule has 0 fully saturated rings. The summed E-state index contributed by atoms with van der Waals surface area (Å²) in [6, 6.07) is 12.0. The highest BCUT2D eigenvalue weighted by molar-refractivity contribution is 7.15. The molecule has 4 aromatic rings. The lowest BCUT2D eigenvalue weighted by atomic mass is 10.0. The molecule has 1 amide bonds. The predicted molar refractivity (Wildman–Crippen MR) is 114 cm³/mol. The monoisotopic (exact) mass is 390 g/mol. The van der Waals surface area contributed by atoms with Crippen LogP contribution in [0.4, 0.5) is 0 Å². The van der Waals surface area contributed by atoms with Gasteiger partial charge in [-0.05, 0) is 32.4 Å². The van der Waals surface area contributed by atoms with Crippen LogP contribution in [0, 0.1) is 13.8 Å². The van der Waals surface area contributed by atoms with Crippen molar-refractivity contribution in [1.29, 1.82) is 0 Å². The largest absolute Gasteiger partial charge is 0.355 e. The van der Waals surface area contributed by atoms with Gasteiger partial charge in [-0.25, -0.2) is 9.97 Å². The lowest BCUT2D eigenvalue weighted by molar-refractivity contribution is 0.0963. The number of nitrogens with zero attached hydrogens (tertiary/aromatic N) is 3. The third-order valence-corrected chi connectivity index (χ3v) is 5.99. The first-order valence-electron chi connectivity index (χ1n) is 9.30. The van der Waals surface area contributed by atoms with Crippen molar-refractivity contribution in [3.05, 3.63) is 64.6 Å². The van der Waals surface area contributed by atoms with E-state index < -0.39 is 0 Å². The maximum absolute atomic E-state index is 12.0. The zero-order valence-corrected chi connectivity index (χ0v) is 17.2. The van der Waals surface area contributed by atoms with Crippen molar-refractivity contribution in [2.75, 3.05) is 7.05 Å². The van der Waals surface area contributed by atoms with Gasteiger partial charge in [0.1, 0.15) is 5.65 Å². The number of benzene rings is 1. The van der Waals surface area contributed by atoms with Gasteiger partial charge in [0.25, 0.3) is 5.91 Å². The molecule has 0 unspecified atom stereocenters. The molecule has 0 bridgehead atoms. The normalized spacial score (nSPS) is 11.1. The number of pyridine rings is 1. The Kier molecular flexibility index (Phi) is 4.73. The number of carbonyl (C=O) groups is 1. The van der Waals surface area contributed by atoms with Gasteiger partial charge in [0, 0.05) is 29.9 Å². The maximum Gasteiger partial charge on any atom is 0.251 e. The lowest BCUT2D eigenvalue weighted by Gasteiger charge is -2.08. The molecule has 5 nitrogen and oxygen atoms in total. The minimum atomic E-state index is -0.110. The van der Waals surface area contributed by atoms with Crippen LogP contribution in [0.3, 0.4) is 0 Å². The van der Waals surface area contributed by atoms with Crippen LogP contribution in [-0.2, 0) is 6.42 Å². The molecule has 3 aromatic heterocycles. The third-order valence-electron chi connectivity index (χ3n) is 4.88. The Morgan fingerprint density at radius 3 is 2.54 bits per heavy atom. The molecule has 6 heteroatoms. The molecule has 0 aliphatic heterocycles. The fraction of sp³-hybridized carbons (Fsp3) is 0.227. The van der Waals surface area contributed by atoms with Gasteiger partial charge in [0.15, 0.2) is 0 Å². The van der Waals surface area contributed by atoms with Gasteiger partial charge < -0.3 is 9.72 Å². The summed E-state index contributed by atoms with van der Waals surface area (Å²) in [5.74, 6) is -0.110. The van der Waals surface area contributed by atoms with Crippen LogP contribution in [0.1, 0.15) is 33.7 Å². The van der Waals surface area contributed by atoms with Gasteiger partial charge in [0.2, 0.25) is 0 Å². The van der Waals surface area contributed by atoms with E-state index in [1.54, 1.807) is 18.4 Å². The highest BCUT2D eigenvalue weighted by Gasteiger charge is 2.19. The van der Waals surface area contributed by atoms with Crippen LogP contribution in [0.15, 0.2) is 42.6 Å². The molecular formula is C22H22N4OS. The molecule has 0 saturated heterocycles. The van der Waals surface area contributed by atoms with Crippen LogP contribution in [-0.4, -0.2) is 27.3 Å². The van der Waals surface area contributed by atoms with E-state index >= 15 is 0 Å². The minimum Gasteiger partial charge on any atom is -0.355 e. The Balaban J connectivity index is 1.95. The van der Waals surface area contributed by atoms with Gasteiger partial charge in [-0.3, -0.25) is 4.79 Å². The number of aromatic nitrogens is 3. The summed E-state index contributed by atoms with van der Waals surface area (Å²) in [4.78, 5) is 22.7. The first-order valence-corrected chi connectivity index (χ1v) is 10.1. The van der Waals surface area contributed by atoms with Crippen LogP contribution in [0.25, 0.3) is 27.3 Å². The molecule has 0 radical (unpaired) electrons. The number of hydrogen-bond acceptors (Lipinski definition) is 4. The highest BCUT2D eigenvalue weighted by atomic mass is 32.1. The van der Waals surface area contributed by atoms with Crippen LogP contribution >= 0.6 is 11.3 Å². The average Bonchev–Trinajstić information content (AvgIpc) is 3.25. The zero-order valence-electron chi connectivity index (χ0n) is 16.4. The molecule has 4 rings (SSSR count). The Morgan fingerprint density at radius 1 is 1.14 bits per heavy atom. The zero-order chi connectivity index (χ0) is 19.8. The van der Waals surface area contributed by atoms with Crippen LogP contribution in [0.5, 0.6) is 0 Å². The summed E-state index contributed by atoms with van der Waals surface area (Å²) in [5, 5.41) is 3.73. The molecule has 28 heavy (non-hydrogen) atoms. The Labute approximate surface area is 168 Å². The van der Waals surface area contributed by atoms with E-state index in [1.807, 2.05) is 31.3 Å². The van der Waals surface area contributed by atoms with Crippen molar-refractivity contribution in [3.63, 3.8) is 0 Å². The van der Waals surface area contributed by atoms with Crippen molar-refractivity contribution in [2.24, 2.45) is 0 Å². The third kappa shape index (κ3) is 2.99. The topological polar surface area (TPSA) is 59.3 Å². The molecule has 0 saturated carbocycles. The second kappa shape index (κ2) is 7.20. The smallest absolute Gasteiger partial charge is 0.251 e. The molecule has 0 aliphatic rings. The second-order valence-corrected chi connectivity index (χ2v) is 7.88. The molecule has 1 aromatic carbocycles. The molecule has 3 heterocycles. The van der Waals surface area contributed by atoms with Gasteiger partial charge >= 0.3 is 0 Å². The van der Waals surface area contributed by atoms with Crippen molar-refractivity contribution in [2.45, 2.75) is 27.2 Å². The Bertz CT molecular complexity index is 1190. The number of imidazole rings is 1. The summed E-state index contributed by atoms with van der Waals surface area (Å²) < 4.78 is 2.07. The van der Waals surface area contributed by atoms with Crippen molar-refractivity contribution in [3.8, 4) is 21.7 Å². The SMILES string of the molecule is CCc1c(-c2ccccc2-c2sc(C)nc2C)nc2cc(C(=O)NC)ccn12. The molecule has 0 spiro atoms. The van der Waals surface area contributed by atoms with E-state index in [1.165, 1.54) is 4.88 Å². The standard InChI is InChI=1S/C22H22N4OS/c1-5-18-20(25-19-12-15(22(27)23-4)10-11-26(18)19)16-8-6-7-9-17(16)21-13(2)24-14(3)28-21/h6-12H,5H2,1-4H3,(H,23,27). The number of hydrogen-bond donors (Lipinski definition) is 1. The first-order chi connectivity index (χ1) is 13.5. The quantitative estimate of drug-likeness (QED) is 0.551. The first kappa shape index (κ1) is 18.4. The van der Waals surface area contributed by atoms with Crippen molar-refractivity contribution >= 4 is 22.9 Å². The number of aryl methyl sites for hydroxylation is 3. The highest BCUT2D eigenvalue weighted by Crippen LogP contribution is 2.38. The average molecular weight is 391 g/mol. The van der Waals surface area contributed by atoms with E-state index in [2.05, 4.69) is 46.7 Å². The van der Waals surface area contributed by atoms with Gasteiger partial charge in [-0.2, -0.15) is 0 Å². The van der Waals surface area contributed by atoms with E-state index in [-0.39, 0.29) is 5.91 Å². The number of thiazole rings is 1. The number of fused-ring (bicyclic) bond motifs is 1. The molecule has 142 valence electrons.